The lowest BCUT2D eigenvalue weighted by Gasteiger charge is -2.16. The number of carbonyl (C=O) groups excluding carboxylic acids is 1. The second-order valence-corrected chi connectivity index (χ2v) is 5.69. The van der Waals surface area contributed by atoms with Gasteiger partial charge in [0.2, 0.25) is 0 Å². The summed E-state index contributed by atoms with van der Waals surface area (Å²) in [6.07, 6.45) is 4.87. The Hall–Kier alpha value is -2.42. The van der Waals surface area contributed by atoms with Gasteiger partial charge in [-0.3, -0.25) is 4.79 Å². The lowest BCUT2D eigenvalue weighted by Crippen LogP contribution is -2.19. The molecule has 0 bridgehead atoms. The molecular formula is C19H20N2O. The van der Waals surface area contributed by atoms with Crippen molar-refractivity contribution in [2.24, 2.45) is 5.10 Å². The standard InChI is InChI=1S/C19H20N2O/c1-14(20-21-19(22)16-8-3-2-4-9-16)17-12-11-15-7-5-6-10-18(15)13-17/h2-4,8-9,11-13H,5-7,10H2,1H3,(H,21,22)/b20-14+. The smallest absolute Gasteiger partial charge is 0.267 e. The van der Waals surface area contributed by atoms with Crippen molar-refractivity contribution in [3.05, 3.63) is 70.8 Å². The third-order valence-corrected chi connectivity index (χ3v) is 4.13. The molecule has 0 heterocycles. The molecule has 3 nitrogen and oxygen atoms in total. The first-order chi connectivity index (χ1) is 10.7. The first-order valence-electron chi connectivity index (χ1n) is 7.76. The predicted octanol–water partition coefficient (Wildman–Crippen LogP) is 3.72. The molecule has 1 aliphatic carbocycles. The monoisotopic (exact) mass is 292 g/mol. The molecule has 1 aliphatic rings. The van der Waals surface area contributed by atoms with Gasteiger partial charge in [0.15, 0.2) is 0 Å². The van der Waals surface area contributed by atoms with E-state index >= 15 is 0 Å². The summed E-state index contributed by atoms with van der Waals surface area (Å²) >= 11 is 0. The van der Waals surface area contributed by atoms with Crippen molar-refractivity contribution in [3.8, 4) is 0 Å². The van der Waals surface area contributed by atoms with Crippen molar-refractivity contribution in [1.29, 1.82) is 0 Å². The largest absolute Gasteiger partial charge is 0.271 e. The highest BCUT2D eigenvalue weighted by atomic mass is 16.2. The second-order valence-electron chi connectivity index (χ2n) is 5.69. The fraction of sp³-hybridized carbons (Fsp3) is 0.263. The number of nitrogens with zero attached hydrogens (tertiary/aromatic N) is 1. The molecule has 22 heavy (non-hydrogen) atoms. The molecule has 0 fully saturated rings. The van der Waals surface area contributed by atoms with E-state index in [-0.39, 0.29) is 5.91 Å². The fourth-order valence-electron chi connectivity index (χ4n) is 2.81. The molecule has 0 aliphatic heterocycles. The van der Waals surface area contributed by atoms with E-state index in [1.165, 1.54) is 30.4 Å². The quantitative estimate of drug-likeness (QED) is 0.680. The Bertz CT molecular complexity index is 705. The summed E-state index contributed by atoms with van der Waals surface area (Å²) in [5.74, 6) is -0.182. The van der Waals surface area contributed by atoms with E-state index in [0.29, 0.717) is 5.56 Å². The Balaban J connectivity index is 1.73. The van der Waals surface area contributed by atoms with Gasteiger partial charge in [-0.25, -0.2) is 5.43 Å². The minimum atomic E-state index is -0.182. The van der Waals surface area contributed by atoms with Crippen LogP contribution in [0.4, 0.5) is 0 Å². The van der Waals surface area contributed by atoms with Crippen LogP contribution in [-0.4, -0.2) is 11.6 Å². The number of amides is 1. The molecular weight excluding hydrogens is 272 g/mol. The number of hydrogen-bond acceptors (Lipinski definition) is 2. The molecule has 0 spiro atoms. The summed E-state index contributed by atoms with van der Waals surface area (Å²) in [4.78, 5) is 12.0. The van der Waals surface area contributed by atoms with E-state index in [0.717, 1.165) is 17.7 Å². The summed E-state index contributed by atoms with van der Waals surface area (Å²) in [6, 6.07) is 15.6. The van der Waals surface area contributed by atoms with E-state index in [1.807, 2.05) is 25.1 Å². The maximum absolute atomic E-state index is 12.0. The van der Waals surface area contributed by atoms with Gasteiger partial charge < -0.3 is 0 Å². The summed E-state index contributed by atoms with van der Waals surface area (Å²) in [6.45, 7) is 1.93. The summed E-state index contributed by atoms with van der Waals surface area (Å²) in [5, 5.41) is 4.24. The Morgan fingerprint density at radius 3 is 2.45 bits per heavy atom. The van der Waals surface area contributed by atoms with Gasteiger partial charge in [-0.15, -0.1) is 0 Å². The van der Waals surface area contributed by atoms with Crippen molar-refractivity contribution in [3.63, 3.8) is 0 Å². The third-order valence-electron chi connectivity index (χ3n) is 4.13. The first kappa shape index (κ1) is 14.5. The van der Waals surface area contributed by atoms with Gasteiger partial charge in [0, 0.05) is 5.56 Å². The maximum Gasteiger partial charge on any atom is 0.271 e. The third kappa shape index (κ3) is 3.25. The van der Waals surface area contributed by atoms with Gasteiger partial charge in [0.1, 0.15) is 0 Å². The SMILES string of the molecule is C/C(=N\NC(=O)c1ccccc1)c1ccc2c(c1)CCCC2. The molecule has 2 aromatic rings. The molecule has 0 atom stereocenters. The number of aryl methyl sites for hydroxylation is 2. The Morgan fingerprint density at radius 1 is 0.955 bits per heavy atom. The first-order valence-corrected chi connectivity index (χ1v) is 7.76. The highest BCUT2D eigenvalue weighted by Crippen LogP contribution is 2.22. The highest BCUT2D eigenvalue weighted by Gasteiger charge is 2.10. The van der Waals surface area contributed by atoms with Gasteiger partial charge in [-0.2, -0.15) is 5.10 Å². The summed E-state index contributed by atoms with van der Waals surface area (Å²) < 4.78 is 0. The van der Waals surface area contributed by atoms with Crippen LogP contribution in [0.15, 0.2) is 53.6 Å². The molecule has 3 heteroatoms. The average molecular weight is 292 g/mol. The zero-order chi connectivity index (χ0) is 15.4. The van der Waals surface area contributed by atoms with Crippen LogP contribution in [0.3, 0.4) is 0 Å². The van der Waals surface area contributed by atoms with E-state index in [1.54, 1.807) is 12.1 Å². The van der Waals surface area contributed by atoms with E-state index in [2.05, 4.69) is 28.7 Å². The lowest BCUT2D eigenvalue weighted by atomic mass is 9.90. The van der Waals surface area contributed by atoms with Crippen LogP contribution in [0.2, 0.25) is 0 Å². The van der Waals surface area contributed by atoms with Crippen LogP contribution in [0.25, 0.3) is 0 Å². The Labute approximate surface area is 131 Å². The van der Waals surface area contributed by atoms with Crippen molar-refractivity contribution in [2.45, 2.75) is 32.6 Å². The topological polar surface area (TPSA) is 41.5 Å². The second kappa shape index (κ2) is 6.56. The fourth-order valence-corrected chi connectivity index (χ4v) is 2.81. The highest BCUT2D eigenvalue weighted by molar-refractivity contribution is 6.01. The molecule has 112 valence electrons. The summed E-state index contributed by atoms with van der Waals surface area (Å²) in [5.41, 5.74) is 8.03. The molecule has 0 aromatic heterocycles. The number of hydrogen-bond donors (Lipinski definition) is 1. The molecule has 0 radical (unpaired) electrons. The van der Waals surface area contributed by atoms with Gasteiger partial charge in [-0.1, -0.05) is 30.3 Å². The van der Waals surface area contributed by atoms with Gasteiger partial charge in [-0.05, 0) is 67.5 Å². The minimum Gasteiger partial charge on any atom is -0.267 e. The van der Waals surface area contributed by atoms with Gasteiger partial charge in [0.25, 0.3) is 5.91 Å². The van der Waals surface area contributed by atoms with Gasteiger partial charge >= 0.3 is 0 Å². The van der Waals surface area contributed by atoms with E-state index in [4.69, 9.17) is 0 Å². The van der Waals surface area contributed by atoms with Crippen molar-refractivity contribution < 1.29 is 4.79 Å². The zero-order valence-corrected chi connectivity index (χ0v) is 12.8. The van der Waals surface area contributed by atoms with Crippen LogP contribution >= 0.6 is 0 Å². The normalized spacial score (nSPS) is 14.3. The van der Waals surface area contributed by atoms with Crippen molar-refractivity contribution in [1.82, 2.24) is 5.43 Å². The molecule has 3 rings (SSSR count). The molecule has 0 saturated carbocycles. The maximum atomic E-state index is 12.0. The number of fused-ring (bicyclic) bond motifs is 1. The zero-order valence-electron chi connectivity index (χ0n) is 12.8. The van der Waals surface area contributed by atoms with Crippen LogP contribution in [0, 0.1) is 0 Å². The molecule has 1 amide bonds. The van der Waals surface area contributed by atoms with Crippen molar-refractivity contribution >= 4 is 11.6 Å². The number of benzene rings is 2. The number of hydrazone groups is 1. The van der Waals surface area contributed by atoms with E-state index < -0.39 is 0 Å². The number of rotatable bonds is 3. The molecule has 2 aromatic carbocycles. The number of carbonyl (C=O) groups is 1. The van der Waals surface area contributed by atoms with E-state index in [9.17, 15) is 4.79 Å². The van der Waals surface area contributed by atoms with Crippen molar-refractivity contribution in [2.75, 3.05) is 0 Å². The number of nitrogens with one attached hydrogen (secondary N) is 1. The minimum absolute atomic E-state index is 0.182. The van der Waals surface area contributed by atoms with Crippen LogP contribution < -0.4 is 5.43 Å². The van der Waals surface area contributed by atoms with Crippen LogP contribution in [-0.2, 0) is 12.8 Å². The van der Waals surface area contributed by atoms with Crippen LogP contribution in [0.5, 0.6) is 0 Å². The lowest BCUT2D eigenvalue weighted by molar-refractivity contribution is 0.0955. The van der Waals surface area contributed by atoms with Crippen LogP contribution in [0.1, 0.15) is 46.8 Å². The predicted molar refractivity (Wildman–Crippen MR) is 89.2 cm³/mol. The molecule has 1 N–H and O–H groups in total. The Morgan fingerprint density at radius 2 is 1.68 bits per heavy atom. The summed E-state index contributed by atoms with van der Waals surface area (Å²) in [7, 11) is 0. The van der Waals surface area contributed by atoms with Gasteiger partial charge in [0.05, 0.1) is 5.71 Å². The molecule has 0 unspecified atom stereocenters. The molecule has 0 saturated heterocycles. The average Bonchev–Trinajstić information content (AvgIpc) is 2.59. The Kier molecular flexibility index (Phi) is 4.33.